The Morgan fingerprint density at radius 2 is 1.88 bits per heavy atom. The van der Waals surface area contributed by atoms with Crippen LogP contribution in [0.2, 0.25) is 0 Å². The van der Waals surface area contributed by atoms with E-state index in [1.165, 1.54) is 12.1 Å². The number of halogens is 2. The van der Waals surface area contributed by atoms with Crippen LogP contribution in [0.4, 0.5) is 14.6 Å². The van der Waals surface area contributed by atoms with Crippen LogP contribution < -0.4 is 4.90 Å². The van der Waals surface area contributed by atoms with Gasteiger partial charge in [-0.2, -0.15) is 5.26 Å². The van der Waals surface area contributed by atoms with E-state index in [2.05, 4.69) is 20.9 Å². The van der Waals surface area contributed by atoms with E-state index < -0.39 is 11.6 Å². The minimum absolute atomic E-state index is 0.110. The van der Waals surface area contributed by atoms with Crippen LogP contribution in [0.25, 0.3) is 0 Å². The van der Waals surface area contributed by atoms with E-state index in [1.54, 1.807) is 12.3 Å². The molecule has 3 rings (SSSR count). The first-order valence-electron chi connectivity index (χ1n) is 7.88. The molecule has 2 aromatic rings. The standard InChI is InChI=1S/C18H18F2N4/c1-13(16-4-3-15(19)10-17(16)20)23-6-8-24(9-7-23)18-5-2-14(11-21)12-22-18/h2-5,10,12-13H,6-9H2,1H3. The largest absolute Gasteiger partial charge is 0.354 e. The van der Waals surface area contributed by atoms with Crippen molar-refractivity contribution in [3.05, 3.63) is 59.3 Å². The summed E-state index contributed by atoms with van der Waals surface area (Å²) in [6.45, 7) is 5.00. The number of anilines is 1. The molecule has 0 bridgehead atoms. The zero-order valence-corrected chi connectivity index (χ0v) is 13.4. The molecule has 1 fully saturated rings. The summed E-state index contributed by atoms with van der Waals surface area (Å²) in [6, 6.07) is 9.29. The van der Waals surface area contributed by atoms with Crippen molar-refractivity contribution in [2.75, 3.05) is 31.1 Å². The lowest BCUT2D eigenvalue weighted by Crippen LogP contribution is -2.47. The lowest BCUT2D eigenvalue weighted by Gasteiger charge is -2.38. The maximum absolute atomic E-state index is 14.0. The predicted octanol–water partition coefficient (Wildman–Crippen LogP) is 3.11. The molecular formula is C18H18F2N4. The van der Waals surface area contributed by atoms with Gasteiger partial charge in [-0.25, -0.2) is 13.8 Å². The molecule has 124 valence electrons. The summed E-state index contributed by atoms with van der Waals surface area (Å²) in [5.41, 5.74) is 1.05. The Labute approximate surface area is 140 Å². The van der Waals surface area contributed by atoms with Gasteiger partial charge >= 0.3 is 0 Å². The summed E-state index contributed by atoms with van der Waals surface area (Å²) in [4.78, 5) is 8.63. The predicted molar refractivity (Wildman–Crippen MR) is 87.5 cm³/mol. The molecule has 4 nitrogen and oxygen atoms in total. The average Bonchev–Trinajstić information content (AvgIpc) is 2.61. The van der Waals surface area contributed by atoms with Crippen molar-refractivity contribution in [3.63, 3.8) is 0 Å². The van der Waals surface area contributed by atoms with Gasteiger partial charge in [0.25, 0.3) is 0 Å². The third-order valence-corrected chi connectivity index (χ3v) is 4.48. The van der Waals surface area contributed by atoms with Crippen LogP contribution in [0.3, 0.4) is 0 Å². The lowest BCUT2D eigenvalue weighted by molar-refractivity contribution is 0.194. The van der Waals surface area contributed by atoms with E-state index in [-0.39, 0.29) is 6.04 Å². The Kier molecular flexibility index (Phi) is 4.72. The molecule has 0 radical (unpaired) electrons. The molecule has 24 heavy (non-hydrogen) atoms. The second-order valence-corrected chi connectivity index (χ2v) is 5.88. The molecule has 0 spiro atoms. The van der Waals surface area contributed by atoms with Gasteiger partial charge in [-0.05, 0) is 25.1 Å². The second kappa shape index (κ2) is 6.93. The van der Waals surface area contributed by atoms with E-state index in [0.29, 0.717) is 11.1 Å². The number of hydrogen-bond donors (Lipinski definition) is 0. The van der Waals surface area contributed by atoms with Crippen molar-refractivity contribution in [2.45, 2.75) is 13.0 Å². The second-order valence-electron chi connectivity index (χ2n) is 5.88. The van der Waals surface area contributed by atoms with E-state index in [9.17, 15) is 8.78 Å². The fourth-order valence-electron chi connectivity index (χ4n) is 3.01. The first-order chi connectivity index (χ1) is 11.6. The van der Waals surface area contributed by atoms with Gasteiger partial charge in [-0.1, -0.05) is 6.07 Å². The molecule has 1 aromatic heterocycles. The summed E-state index contributed by atoms with van der Waals surface area (Å²) in [7, 11) is 0. The van der Waals surface area contributed by atoms with Gasteiger partial charge in [0.1, 0.15) is 23.5 Å². The molecule has 1 aromatic carbocycles. The van der Waals surface area contributed by atoms with Crippen molar-refractivity contribution in [1.82, 2.24) is 9.88 Å². The maximum Gasteiger partial charge on any atom is 0.130 e. The van der Waals surface area contributed by atoms with Crippen molar-refractivity contribution < 1.29 is 8.78 Å². The molecule has 2 heterocycles. The number of nitrogens with zero attached hydrogens (tertiary/aromatic N) is 4. The number of benzene rings is 1. The van der Waals surface area contributed by atoms with Gasteiger partial charge in [0.05, 0.1) is 5.56 Å². The summed E-state index contributed by atoms with van der Waals surface area (Å²) >= 11 is 0. The monoisotopic (exact) mass is 328 g/mol. The normalized spacial score (nSPS) is 16.7. The Morgan fingerprint density at radius 1 is 1.12 bits per heavy atom. The van der Waals surface area contributed by atoms with E-state index >= 15 is 0 Å². The van der Waals surface area contributed by atoms with Crippen LogP contribution in [0, 0.1) is 23.0 Å². The molecule has 6 heteroatoms. The van der Waals surface area contributed by atoms with E-state index in [4.69, 9.17) is 5.26 Å². The number of pyridine rings is 1. The van der Waals surface area contributed by atoms with Gasteiger partial charge in [-0.3, -0.25) is 4.90 Å². The topological polar surface area (TPSA) is 43.2 Å². The number of hydrogen-bond acceptors (Lipinski definition) is 4. The zero-order chi connectivity index (χ0) is 17.1. The Morgan fingerprint density at radius 3 is 2.46 bits per heavy atom. The van der Waals surface area contributed by atoms with Crippen LogP contribution in [0.1, 0.15) is 24.1 Å². The minimum Gasteiger partial charge on any atom is -0.354 e. The van der Waals surface area contributed by atoms with Gasteiger partial charge in [-0.15, -0.1) is 0 Å². The smallest absolute Gasteiger partial charge is 0.130 e. The highest BCUT2D eigenvalue weighted by Crippen LogP contribution is 2.25. The summed E-state index contributed by atoms with van der Waals surface area (Å²) in [6.07, 6.45) is 1.57. The van der Waals surface area contributed by atoms with Gasteiger partial charge in [0.15, 0.2) is 0 Å². The highest BCUT2D eigenvalue weighted by Gasteiger charge is 2.24. The highest BCUT2D eigenvalue weighted by molar-refractivity contribution is 5.42. The molecule has 0 saturated carbocycles. The fraction of sp³-hybridized carbons (Fsp3) is 0.333. The summed E-state index contributed by atoms with van der Waals surface area (Å²) < 4.78 is 27.0. The lowest BCUT2D eigenvalue weighted by atomic mass is 10.1. The minimum atomic E-state index is -0.555. The third kappa shape index (κ3) is 3.36. The zero-order valence-electron chi connectivity index (χ0n) is 13.4. The molecule has 0 N–H and O–H groups in total. The Balaban J connectivity index is 1.64. The molecule has 1 atom stereocenters. The Hall–Kier alpha value is -2.52. The van der Waals surface area contributed by atoms with Crippen LogP contribution in [-0.4, -0.2) is 36.1 Å². The number of aromatic nitrogens is 1. The van der Waals surface area contributed by atoms with Crippen molar-refractivity contribution in [2.24, 2.45) is 0 Å². The summed E-state index contributed by atoms with van der Waals surface area (Å²) in [5, 5.41) is 8.82. The summed E-state index contributed by atoms with van der Waals surface area (Å²) in [5.74, 6) is -0.215. The molecule has 0 amide bonds. The van der Waals surface area contributed by atoms with Gasteiger partial charge in [0.2, 0.25) is 0 Å². The van der Waals surface area contributed by atoms with Crippen LogP contribution in [-0.2, 0) is 0 Å². The molecular weight excluding hydrogens is 310 g/mol. The number of rotatable bonds is 3. The van der Waals surface area contributed by atoms with Crippen molar-refractivity contribution in [1.29, 1.82) is 5.26 Å². The van der Waals surface area contributed by atoms with Crippen LogP contribution in [0.5, 0.6) is 0 Å². The first kappa shape index (κ1) is 16.3. The Bertz CT molecular complexity index is 747. The van der Waals surface area contributed by atoms with Gasteiger partial charge in [0, 0.05) is 50.0 Å². The SMILES string of the molecule is CC(c1ccc(F)cc1F)N1CCN(c2ccc(C#N)cn2)CC1. The molecule has 1 saturated heterocycles. The molecule has 1 aliphatic rings. The quantitative estimate of drug-likeness (QED) is 0.868. The highest BCUT2D eigenvalue weighted by atomic mass is 19.1. The fourth-order valence-corrected chi connectivity index (χ4v) is 3.01. The number of piperazine rings is 1. The van der Waals surface area contributed by atoms with Gasteiger partial charge < -0.3 is 4.90 Å². The van der Waals surface area contributed by atoms with E-state index in [1.807, 2.05) is 13.0 Å². The van der Waals surface area contributed by atoms with E-state index in [0.717, 1.165) is 38.1 Å². The first-order valence-corrected chi connectivity index (χ1v) is 7.88. The van der Waals surface area contributed by atoms with Crippen LogP contribution in [0.15, 0.2) is 36.5 Å². The van der Waals surface area contributed by atoms with Crippen LogP contribution >= 0.6 is 0 Å². The average molecular weight is 328 g/mol. The maximum atomic E-state index is 14.0. The third-order valence-electron chi connectivity index (χ3n) is 4.48. The number of nitriles is 1. The van der Waals surface area contributed by atoms with Crippen molar-refractivity contribution in [3.8, 4) is 6.07 Å². The molecule has 1 unspecified atom stereocenters. The molecule has 0 aliphatic carbocycles. The van der Waals surface area contributed by atoms with Crippen molar-refractivity contribution >= 4 is 5.82 Å². The molecule has 1 aliphatic heterocycles.